The van der Waals surface area contributed by atoms with Crippen molar-refractivity contribution in [3.8, 4) is 11.1 Å². The van der Waals surface area contributed by atoms with E-state index in [1.807, 2.05) is 6.07 Å². The van der Waals surface area contributed by atoms with Crippen molar-refractivity contribution in [2.75, 3.05) is 5.73 Å². The molecule has 0 amide bonds. The van der Waals surface area contributed by atoms with Gasteiger partial charge in [0.1, 0.15) is 0 Å². The average molecular weight is 361 g/mol. The standard InChI is InChI=1S/C27H23N/c1-19-8-6-9-20(17-16-19)27(21-10-7-11-22(28)18-21)25-14-4-2-12-23(25)24-13-3-5-15-26(24)27/h2-19H,28H2,1H3. The van der Waals surface area contributed by atoms with Gasteiger partial charge in [-0.15, -0.1) is 0 Å². The Hall–Kier alpha value is -3.32. The molecule has 0 radical (unpaired) electrons. The molecule has 136 valence electrons. The summed E-state index contributed by atoms with van der Waals surface area (Å²) in [7, 11) is 0. The van der Waals surface area contributed by atoms with Crippen molar-refractivity contribution in [1.82, 2.24) is 0 Å². The number of nitrogens with two attached hydrogens (primary N) is 1. The Labute approximate surface area is 166 Å². The number of nitrogen functional groups attached to an aromatic ring is 1. The van der Waals surface area contributed by atoms with Crippen LogP contribution in [0.15, 0.2) is 109 Å². The molecular weight excluding hydrogens is 338 g/mol. The van der Waals surface area contributed by atoms with Gasteiger partial charge in [-0.25, -0.2) is 0 Å². The van der Waals surface area contributed by atoms with Gasteiger partial charge in [-0.2, -0.15) is 0 Å². The van der Waals surface area contributed by atoms with E-state index in [-0.39, 0.29) is 5.41 Å². The second-order valence-electron chi connectivity index (χ2n) is 7.69. The molecule has 0 aliphatic heterocycles. The summed E-state index contributed by atoms with van der Waals surface area (Å²) in [4.78, 5) is 0. The largest absolute Gasteiger partial charge is 0.399 e. The second kappa shape index (κ2) is 6.38. The summed E-state index contributed by atoms with van der Waals surface area (Å²) in [5, 5.41) is 0. The molecule has 0 fully saturated rings. The van der Waals surface area contributed by atoms with Gasteiger partial charge in [-0.3, -0.25) is 0 Å². The van der Waals surface area contributed by atoms with E-state index in [0.29, 0.717) is 5.92 Å². The first-order chi connectivity index (χ1) is 13.7. The van der Waals surface area contributed by atoms with Gasteiger partial charge in [0.15, 0.2) is 0 Å². The molecule has 1 nitrogen and oxygen atoms in total. The Morgan fingerprint density at radius 1 is 0.786 bits per heavy atom. The molecule has 2 N–H and O–H groups in total. The molecule has 28 heavy (non-hydrogen) atoms. The quantitative estimate of drug-likeness (QED) is 0.535. The van der Waals surface area contributed by atoms with Crippen molar-refractivity contribution in [1.29, 1.82) is 0 Å². The third-order valence-corrected chi connectivity index (χ3v) is 5.97. The van der Waals surface area contributed by atoms with Crippen LogP contribution in [0.3, 0.4) is 0 Å². The highest BCUT2D eigenvalue weighted by atomic mass is 14.6. The van der Waals surface area contributed by atoms with E-state index in [4.69, 9.17) is 5.73 Å². The van der Waals surface area contributed by atoms with E-state index >= 15 is 0 Å². The zero-order valence-electron chi connectivity index (χ0n) is 16.0. The van der Waals surface area contributed by atoms with E-state index in [1.54, 1.807) is 0 Å². The van der Waals surface area contributed by atoms with Gasteiger partial charge in [-0.05, 0) is 51.4 Å². The maximum atomic E-state index is 6.26. The zero-order valence-corrected chi connectivity index (χ0v) is 16.0. The van der Waals surface area contributed by atoms with Crippen LogP contribution < -0.4 is 5.73 Å². The van der Waals surface area contributed by atoms with E-state index < -0.39 is 0 Å². The Balaban J connectivity index is 1.93. The number of anilines is 1. The minimum atomic E-state index is -0.368. The van der Waals surface area contributed by atoms with Crippen molar-refractivity contribution < 1.29 is 0 Å². The first kappa shape index (κ1) is 16.8. The summed E-state index contributed by atoms with van der Waals surface area (Å²) in [6.45, 7) is 2.22. The van der Waals surface area contributed by atoms with Gasteiger partial charge >= 0.3 is 0 Å². The van der Waals surface area contributed by atoms with Crippen molar-refractivity contribution >= 4 is 5.69 Å². The second-order valence-corrected chi connectivity index (χ2v) is 7.69. The highest BCUT2D eigenvalue weighted by molar-refractivity contribution is 5.87. The lowest BCUT2D eigenvalue weighted by Gasteiger charge is -2.34. The molecule has 0 bridgehead atoms. The molecule has 0 aromatic heterocycles. The number of benzene rings is 3. The van der Waals surface area contributed by atoms with Crippen molar-refractivity contribution in [3.05, 3.63) is 125 Å². The molecule has 0 saturated carbocycles. The maximum absolute atomic E-state index is 6.26. The van der Waals surface area contributed by atoms with E-state index in [1.165, 1.54) is 33.4 Å². The van der Waals surface area contributed by atoms with Gasteiger partial charge < -0.3 is 5.73 Å². The Morgan fingerprint density at radius 3 is 2.14 bits per heavy atom. The molecule has 3 aromatic carbocycles. The molecule has 0 heterocycles. The monoisotopic (exact) mass is 361 g/mol. The van der Waals surface area contributed by atoms with E-state index in [9.17, 15) is 0 Å². The first-order valence-corrected chi connectivity index (χ1v) is 9.84. The van der Waals surface area contributed by atoms with Crippen LogP contribution in [0.4, 0.5) is 5.69 Å². The third-order valence-electron chi connectivity index (χ3n) is 5.97. The maximum Gasteiger partial charge on any atom is 0.0714 e. The highest BCUT2D eigenvalue weighted by Gasteiger charge is 2.46. The minimum absolute atomic E-state index is 0.368. The lowest BCUT2D eigenvalue weighted by atomic mass is 9.67. The van der Waals surface area contributed by atoms with Crippen LogP contribution in [0.1, 0.15) is 23.6 Å². The normalized spacial score (nSPS) is 18.9. The number of rotatable bonds is 2. The van der Waals surface area contributed by atoms with Gasteiger partial charge in [0, 0.05) is 5.69 Å². The zero-order chi connectivity index (χ0) is 19.1. The summed E-state index contributed by atoms with van der Waals surface area (Å²) in [5.41, 5.74) is 14.4. The van der Waals surface area contributed by atoms with Crippen molar-refractivity contribution in [2.24, 2.45) is 5.92 Å². The fourth-order valence-corrected chi connectivity index (χ4v) is 4.76. The number of hydrogen-bond donors (Lipinski definition) is 1. The summed E-state index contributed by atoms with van der Waals surface area (Å²) < 4.78 is 0. The van der Waals surface area contributed by atoms with Gasteiger partial charge in [0.25, 0.3) is 0 Å². The third kappa shape index (κ3) is 2.33. The average Bonchev–Trinajstić information content (AvgIpc) is 2.84. The van der Waals surface area contributed by atoms with Crippen LogP contribution in [0.25, 0.3) is 11.1 Å². The number of allylic oxidation sites excluding steroid dienone is 6. The Morgan fingerprint density at radius 2 is 1.46 bits per heavy atom. The summed E-state index contributed by atoms with van der Waals surface area (Å²) in [6, 6.07) is 25.9. The van der Waals surface area contributed by atoms with E-state index in [2.05, 4.69) is 104 Å². The van der Waals surface area contributed by atoms with Gasteiger partial charge in [0.05, 0.1) is 5.41 Å². The van der Waals surface area contributed by atoms with Gasteiger partial charge in [0.2, 0.25) is 0 Å². The van der Waals surface area contributed by atoms with Crippen molar-refractivity contribution in [3.63, 3.8) is 0 Å². The Kier molecular flexibility index (Phi) is 3.84. The van der Waals surface area contributed by atoms with Crippen LogP contribution in [0, 0.1) is 5.92 Å². The highest BCUT2D eigenvalue weighted by Crippen LogP contribution is 2.56. The fourth-order valence-electron chi connectivity index (χ4n) is 4.76. The molecule has 2 aliphatic rings. The predicted molar refractivity (Wildman–Crippen MR) is 118 cm³/mol. The lowest BCUT2D eigenvalue weighted by Crippen LogP contribution is -2.29. The number of hydrogen-bond acceptors (Lipinski definition) is 1. The topological polar surface area (TPSA) is 26.0 Å². The summed E-state index contributed by atoms with van der Waals surface area (Å²) >= 11 is 0. The molecule has 1 atom stereocenters. The fraction of sp³-hybridized carbons (Fsp3) is 0.111. The number of fused-ring (bicyclic) bond motifs is 3. The van der Waals surface area contributed by atoms with E-state index in [0.717, 1.165) is 5.69 Å². The van der Waals surface area contributed by atoms with Crippen LogP contribution in [0.5, 0.6) is 0 Å². The first-order valence-electron chi connectivity index (χ1n) is 9.84. The SMILES string of the molecule is CC1C=CC=C(C2(c3cccc(N)c3)c3ccccc3-c3ccccc32)C=C1. The summed E-state index contributed by atoms with van der Waals surface area (Å²) in [5.74, 6) is 0.415. The predicted octanol–water partition coefficient (Wildman–Crippen LogP) is 6.27. The molecule has 5 rings (SSSR count). The smallest absolute Gasteiger partial charge is 0.0714 e. The van der Waals surface area contributed by atoms with Gasteiger partial charge in [-0.1, -0.05) is 98.0 Å². The lowest BCUT2D eigenvalue weighted by molar-refractivity contribution is 0.766. The van der Waals surface area contributed by atoms with Crippen LogP contribution >= 0.6 is 0 Å². The Bertz CT molecular complexity index is 1100. The van der Waals surface area contributed by atoms with Crippen molar-refractivity contribution in [2.45, 2.75) is 12.3 Å². The molecule has 3 aromatic rings. The molecule has 2 aliphatic carbocycles. The molecule has 0 saturated heterocycles. The summed E-state index contributed by atoms with van der Waals surface area (Å²) in [6.07, 6.45) is 11.3. The molecule has 1 heteroatoms. The molecular formula is C27H23N. The molecule has 0 spiro atoms. The minimum Gasteiger partial charge on any atom is -0.399 e. The van der Waals surface area contributed by atoms with Crippen LogP contribution in [-0.2, 0) is 5.41 Å². The molecule has 1 unspecified atom stereocenters. The van der Waals surface area contributed by atoms with Crippen LogP contribution in [-0.4, -0.2) is 0 Å². The van der Waals surface area contributed by atoms with Crippen LogP contribution in [0.2, 0.25) is 0 Å².